The van der Waals surface area contributed by atoms with Crippen molar-refractivity contribution < 1.29 is 14.3 Å². The lowest BCUT2D eigenvalue weighted by atomic mass is 9.98. The number of pyridine rings is 1. The predicted octanol–water partition coefficient (Wildman–Crippen LogP) is 3.04. The lowest BCUT2D eigenvalue weighted by molar-refractivity contribution is 0.0790. The molecule has 0 radical (unpaired) electrons. The summed E-state index contributed by atoms with van der Waals surface area (Å²) >= 11 is 0. The molecular formula is C19H22N2O3. The number of aryl methyl sites for hydroxylation is 1. The van der Waals surface area contributed by atoms with Crippen LogP contribution in [0.5, 0.6) is 11.5 Å². The van der Waals surface area contributed by atoms with Crippen LogP contribution in [0.3, 0.4) is 0 Å². The third kappa shape index (κ3) is 3.35. The Labute approximate surface area is 142 Å². The molecule has 0 unspecified atom stereocenters. The van der Waals surface area contributed by atoms with Crippen LogP contribution in [0.15, 0.2) is 36.7 Å². The summed E-state index contributed by atoms with van der Waals surface area (Å²) in [6.45, 7) is 3.39. The molecule has 0 spiro atoms. The molecule has 5 heteroatoms. The lowest BCUT2D eigenvalue weighted by Crippen LogP contribution is -2.28. The molecule has 2 heterocycles. The molecule has 24 heavy (non-hydrogen) atoms. The first kappa shape index (κ1) is 16.3. The molecule has 1 aliphatic rings. The number of rotatable bonds is 4. The number of likely N-dealkylation sites (tertiary alicyclic amines) is 1. The fourth-order valence-corrected chi connectivity index (χ4v) is 3.14. The molecule has 1 atom stereocenters. The summed E-state index contributed by atoms with van der Waals surface area (Å²) in [4.78, 5) is 18.7. The van der Waals surface area contributed by atoms with Crippen LogP contribution in [0, 0.1) is 6.92 Å². The van der Waals surface area contributed by atoms with Gasteiger partial charge in [-0.3, -0.25) is 9.78 Å². The highest BCUT2D eigenvalue weighted by Crippen LogP contribution is 2.33. The fourth-order valence-electron chi connectivity index (χ4n) is 3.14. The summed E-state index contributed by atoms with van der Waals surface area (Å²) in [7, 11) is 3.29. The number of hydrogen-bond acceptors (Lipinski definition) is 4. The van der Waals surface area contributed by atoms with Crippen LogP contribution in [-0.2, 0) is 0 Å². The zero-order chi connectivity index (χ0) is 17.1. The van der Waals surface area contributed by atoms with Gasteiger partial charge in [0.25, 0.3) is 5.91 Å². The van der Waals surface area contributed by atoms with Gasteiger partial charge in [0.1, 0.15) is 11.5 Å². The van der Waals surface area contributed by atoms with Crippen molar-refractivity contribution in [3.8, 4) is 11.5 Å². The van der Waals surface area contributed by atoms with E-state index in [-0.39, 0.29) is 11.8 Å². The summed E-state index contributed by atoms with van der Waals surface area (Å²) in [6.07, 6.45) is 4.32. The van der Waals surface area contributed by atoms with Gasteiger partial charge in [0.05, 0.1) is 19.8 Å². The number of carbonyl (C=O) groups is 1. The largest absolute Gasteiger partial charge is 0.497 e. The first-order valence-electron chi connectivity index (χ1n) is 8.04. The average Bonchev–Trinajstić information content (AvgIpc) is 3.10. The molecule has 1 fully saturated rings. The van der Waals surface area contributed by atoms with E-state index in [0.717, 1.165) is 35.6 Å². The maximum atomic E-state index is 12.7. The Morgan fingerprint density at radius 3 is 2.46 bits per heavy atom. The maximum absolute atomic E-state index is 12.7. The van der Waals surface area contributed by atoms with Crippen LogP contribution in [0.1, 0.15) is 33.8 Å². The topological polar surface area (TPSA) is 51.7 Å². The Bertz CT molecular complexity index is 723. The smallest absolute Gasteiger partial charge is 0.255 e. The van der Waals surface area contributed by atoms with Crippen LogP contribution in [0.4, 0.5) is 0 Å². The highest BCUT2D eigenvalue weighted by molar-refractivity contribution is 5.94. The van der Waals surface area contributed by atoms with Gasteiger partial charge in [-0.05, 0) is 42.7 Å². The van der Waals surface area contributed by atoms with Crippen LogP contribution in [-0.4, -0.2) is 43.1 Å². The Morgan fingerprint density at radius 1 is 1.12 bits per heavy atom. The van der Waals surface area contributed by atoms with E-state index >= 15 is 0 Å². The SMILES string of the molecule is COc1cc(OC)cc([C@@H]2CCN(C(=O)c3cncc(C)c3)C2)c1. The first-order valence-corrected chi connectivity index (χ1v) is 8.04. The van der Waals surface area contributed by atoms with Gasteiger partial charge in [-0.15, -0.1) is 0 Å². The number of methoxy groups -OCH3 is 2. The number of hydrogen-bond donors (Lipinski definition) is 0. The second kappa shape index (κ2) is 6.91. The Morgan fingerprint density at radius 2 is 1.83 bits per heavy atom. The molecule has 1 aliphatic heterocycles. The molecule has 1 aromatic carbocycles. The Balaban J connectivity index is 1.77. The average molecular weight is 326 g/mol. The van der Waals surface area contributed by atoms with Crippen molar-refractivity contribution in [3.05, 3.63) is 53.3 Å². The highest BCUT2D eigenvalue weighted by atomic mass is 16.5. The van der Waals surface area contributed by atoms with Gasteiger partial charge >= 0.3 is 0 Å². The van der Waals surface area contributed by atoms with Crippen molar-refractivity contribution in [1.29, 1.82) is 0 Å². The van der Waals surface area contributed by atoms with E-state index in [9.17, 15) is 4.79 Å². The van der Waals surface area contributed by atoms with Crippen LogP contribution in [0.2, 0.25) is 0 Å². The fraction of sp³-hybridized carbons (Fsp3) is 0.368. The second-order valence-electron chi connectivity index (χ2n) is 6.13. The summed E-state index contributed by atoms with van der Waals surface area (Å²) in [5.74, 6) is 1.88. The molecular weight excluding hydrogens is 304 g/mol. The first-order chi connectivity index (χ1) is 11.6. The Kier molecular flexibility index (Phi) is 4.69. The van der Waals surface area contributed by atoms with Crippen molar-refractivity contribution in [2.75, 3.05) is 27.3 Å². The predicted molar refractivity (Wildman–Crippen MR) is 91.8 cm³/mol. The summed E-state index contributed by atoms with van der Waals surface area (Å²) < 4.78 is 10.7. The second-order valence-corrected chi connectivity index (χ2v) is 6.13. The van der Waals surface area contributed by atoms with E-state index in [0.29, 0.717) is 12.1 Å². The van der Waals surface area contributed by atoms with Gasteiger partial charge in [-0.25, -0.2) is 0 Å². The molecule has 0 saturated carbocycles. The van der Waals surface area contributed by atoms with Gasteiger partial charge in [-0.2, -0.15) is 0 Å². The van der Waals surface area contributed by atoms with Crippen LogP contribution >= 0.6 is 0 Å². The number of ether oxygens (including phenoxy) is 2. The number of carbonyl (C=O) groups excluding carboxylic acids is 1. The van der Waals surface area contributed by atoms with Gasteiger partial charge in [0.2, 0.25) is 0 Å². The van der Waals surface area contributed by atoms with Crippen molar-refractivity contribution in [2.24, 2.45) is 0 Å². The van der Waals surface area contributed by atoms with E-state index < -0.39 is 0 Å². The Hall–Kier alpha value is -2.56. The number of amides is 1. The summed E-state index contributed by atoms with van der Waals surface area (Å²) in [6, 6.07) is 7.79. The normalized spacial score (nSPS) is 17.0. The molecule has 5 nitrogen and oxygen atoms in total. The lowest BCUT2D eigenvalue weighted by Gasteiger charge is -2.17. The number of aromatic nitrogens is 1. The highest BCUT2D eigenvalue weighted by Gasteiger charge is 2.28. The van der Waals surface area contributed by atoms with E-state index in [2.05, 4.69) is 4.98 Å². The van der Waals surface area contributed by atoms with Gasteiger partial charge in [0, 0.05) is 37.5 Å². The molecule has 2 aromatic rings. The molecule has 1 aromatic heterocycles. The van der Waals surface area contributed by atoms with E-state index in [1.807, 2.05) is 36.1 Å². The maximum Gasteiger partial charge on any atom is 0.255 e. The van der Waals surface area contributed by atoms with Gasteiger partial charge in [0.15, 0.2) is 0 Å². The zero-order valence-corrected chi connectivity index (χ0v) is 14.3. The number of nitrogens with zero attached hydrogens (tertiary/aromatic N) is 2. The van der Waals surface area contributed by atoms with Crippen molar-refractivity contribution in [1.82, 2.24) is 9.88 Å². The van der Waals surface area contributed by atoms with Crippen LogP contribution in [0.25, 0.3) is 0 Å². The summed E-state index contributed by atoms with van der Waals surface area (Å²) in [5.41, 5.74) is 2.79. The van der Waals surface area contributed by atoms with E-state index in [1.54, 1.807) is 26.6 Å². The quantitative estimate of drug-likeness (QED) is 0.866. The summed E-state index contributed by atoms with van der Waals surface area (Å²) in [5, 5.41) is 0. The van der Waals surface area contributed by atoms with Crippen molar-refractivity contribution in [2.45, 2.75) is 19.3 Å². The van der Waals surface area contributed by atoms with Crippen molar-refractivity contribution in [3.63, 3.8) is 0 Å². The molecule has 0 N–H and O–H groups in total. The zero-order valence-electron chi connectivity index (χ0n) is 14.3. The standard InChI is InChI=1S/C19H22N2O3/c1-13-6-16(11-20-10-13)19(22)21-5-4-14(12-21)15-7-17(23-2)9-18(8-15)24-3/h6-11,14H,4-5,12H2,1-3H3/t14-/m1/s1. The molecule has 3 rings (SSSR count). The third-order valence-corrected chi connectivity index (χ3v) is 4.44. The molecule has 1 amide bonds. The minimum Gasteiger partial charge on any atom is -0.497 e. The minimum absolute atomic E-state index is 0.0450. The molecule has 1 saturated heterocycles. The van der Waals surface area contributed by atoms with Crippen molar-refractivity contribution >= 4 is 5.91 Å². The van der Waals surface area contributed by atoms with Crippen LogP contribution < -0.4 is 9.47 Å². The third-order valence-electron chi connectivity index (χ3n) is 4.44. The molecule has 0 aliphatic carbocycles. The molecule has 126 valence electrons. The number of benzene rings is 1. The molecule has 0 bridgehead atoms. The monoisotopic (exact) mass is 326 g/mol. The van der Waals surface area contributed by atoms with Gasteiger partial charge < -0.3 is 14.4 Å². The van der Waals surface area contributed by atoms with E-state index in [4.69, 9.17) is 9.47 Å². The van der Waals surface area contributed by atoms with Gasteiger partial charge in [-0.1, -0.05) is 0 Å². The van der Waals surface area contributed by atoms with E-state index in [1.165, 1.54) is 0 Å². The minimum atomic E-state index is 0.0450.